The van der Waals surface area contributed by atoms with Gasteiger partial charge in [-0.25, -0.2) is 4.39 Å². The Hall–Kier alpha value is -0.940. The van der Waals surface area contributed by atoms with Crippen molar-refractivity contribution in [2.45, 2.75) is 0 Å². The molecule has 0 aliphatic heterocycles. The molecule has 1 aromatic carbocycles. The summed E-state index contributed by atoms with van der Waals surface area (Å²) in [5.41, 5.74) is 0.190. The van der Waals surface area contributed by atoms with Gasteiger partial charge in [0.1, 0.15) is 5.82 Å². The molecule has 0 aliphatic carbocycles. The molecule has 2 aromatic rings. The molecule has 14 heavy (non-hydrogen) atoms. The molecule has 0 radical (unpaired) electrons. The van der Waals surface area contributed by atoms with Crippen molar-refractivity contribution in [1.29, 1.82) is 0 Å². The minimum atomic E-state index is -0.453. The minimum Gasteiger partial charge on any atom is -0.411 e. The first-order valence-electron chi connectivity index (χ1n) is 3.61. The predicted octanol–water partition coefficient (Wildman–Crippen LogP) is 3.29. The molecule has 1 heterocycles. The Labute approximate surface area is 92.0 Å². The molecular formula is C8H3BrClFN2O. The van der Waals surface area contributed by atoms with Gasteiger partial charge >= 0.3 is 0 Å². The molecule has 0 atom stereocenters. The van der Waals surface area contributed by atoms with Gasteiger partial charge in [0.25, 0.3) is 10.7 Å². The van der Waals surface area contributed by atoms with E-state index in [1.807, 2.05) is 0 Å². The molecule has 1 aromatic heterocycles. The highest BCUT2D eigenvalue weighted by Crippen LogP contribution is 2.25. The number of rotatable bonds is 1. The summed E-state index contributed by atoms with van der Waals surface area (Å²) in [7, 11) is 0. The zero-order valence-electron chi connectivity index (χ0n) is 6.67. The van der Waals surface area contributed by atoms with Crippen LogP contribution in [-0.4, -0.2) is 10.2 Å². The van der Waals surface area contributed by atoms with Crippen LogP contribution >= 0.6 is 27.5 Å². The molecule has 3 nitrogen and oxygen atoms in total. The lowest BCUT2D eigenvalue weighted by Gasteiger charge is -1.97. The van der Waals surface area contributed by atoms with Crippen LogP contribution in [0.5, 0.6) is 0 Å². The molecule has 0 amide bonds. The van der Waals surface area contributed by atoms with Crippen molar-refractivity contribution in [2.24, 2.45) is 0 Å². The van der Waals surface area contributed by atoms with Gasteiger partial charge in [0.05, 0.1) is 5.56 Å². The third-order valence-electron chi connectivity index (χ3n) is 1.56. The average Bonchev–Trinajstić information content (AvgIpc) is 2.56. The van der Waals surface area contributed by atoms with Crippen molar-refractivity contribution in [1.82, 2.24) is 10.2 Å². The van der Waals surface area contributed by atoms with E-state index in [-0.39, 0.29) is 16.3 Å². The number of hydrogen-bond donors (Lipinski definition) is 0. The fraction of sp³-hybridized carbons (Fsp3) is 0. The second-order valence-corrected chi connectivity index (χ2v) is 3.60. The second kappa shape index (κ2) is 3.67. The monoisotopic (exact) mass is 276 g/mol. The highest BCUT2D eigenvalue weighted by atomic mass is 79.9. The van der Waals surface area contributed by atoms with E-state index in [0.717, 1.165) is 0 Å². The molecule has 0 unspecified atom stereocenters. The predicted molar refractivity (Wildman–Crippen MR) is 52.4 cm³/mol. The zero-order valence-corrected chi connectivity index (χ0v) is 9.01. The first-order valence-corrected chi connectivity index (χ1v) is 4.78. The first-order chi connectivity index (χ1) is 6.66. The van der Waals surface area contributed by atoms with Gasteiger partial charge in [0, 0.05) is 21.0 Å². The molecule has 6 heteroatoms. The largest absolute Gasteiger partial charge is 0.411 e. The summed E-state index contributed by atoms with van der Waals surface area (Å²) < 4.78 is 18.3. The summed E-state index contributed by atoms with van der Waals surface area (Å²) in [5.74, 6) is -0.359. The Morgan fingerprint density at radius 3 is 2.79 bits per heavy atom. The summed E-state index contributed by atoms with van der Waals surface area (Å²) in [5, 5.41) is 7.59. The highest BCUT2D eigenvalue weighted by molar-refractivity contribution is 9.10. The van der Waals surface area contributed by atoms with E-state index in [4.69, 9.17) is 16.0 Å². The normalized spacial score (nSPS) is 10.5. The maximum atomic E-state index is 13.3. The lowest BCUT2D eigenvalue weighted by atomic mass is 10.2. The van der Waals surface area contributed by atoms with Crippen molar-refractivity contribution in [2.75, 3.05) is 0 Å². The Morgan fingerprint density at radius 2 is 2.14 bits per heavy atom. The molecule has 0 N–H and O–H groups in total. The molecule has 72 valence electrons. The Bertz CT molecular complexity index is 474. The van der Waals surface area contributed by atoms with Crippen LogP contribution in [-0.2, 0) is 0 Å². The maximum Gasteiger partial charge on any atom is 0.285 e. The Balaban J connectivity index is 2.55. The van der Waals surface area contributed by atoms with E-state index >= 15 is 0 Å². The summed E-state index contributed by atoms with van der Waals surface area (Å²) in [6.45, 7) is 0. The second-order valence-electron chi connectivity index (χ2n) is 2.48. The highest BCUT2D eigenvalue weighted by Gasteiger charge is 2.12. The van der Waals surface area contributed by atoms with Gasteiger partial charge in [0.15, 0.2) is 0 Å². The SMILES string of the molecule is Fc1ccc(Cl)cc1-c1nnc(Br)o1. The fourth-order valence-corrected chi connectivity index (χ4v) is 1.38. The summed E-state index contributed by atoms with van der Waals surface area (Å²) >= 11 is 8.68. The van der Waals surface area contributed by atoms with E-state index in [1.54, 1.807) is 0 Å². The fourth-order valence-electron chi connectivity index (χ4n) is 0.976. The lowest BCUT2D eigenvalue weighted by molar-refractivity contribution is 0.533. The van der Waals surface area contributed by atoms with Crippen molar-refractivity contribution in [3.05, 3.63) is 33.8 Å². The molecule has 0 aliphatic rings. The van der Waals surface area contributed by atoms with Gasteiger partial charge in [0.2, 0.25) is 0 Å². The van der Waals surface area contributed by atoms with Gasteiger partial charge in [-0.1, -0.05) is 11.6 Å². The Kier molecular flexibility index (Phi) is 2.52. The number of aromatic nitrogens is 2. The molecule has 0 saturated heterocycles. The standard InChI is InChI=1S/C8H3BrClFN2O/c9-8-13-12-7(14-8)5-3-4(10)1-2-6(5)11/h1-3H. The van der Waals surface area contributed by atoms with Crippen LogP contribution in [0.4, 0.5) is 4.39 Å². The molecule has 0 bridgehead atoms. The number of hydrogen-bond acceptors (Lipinski definition) is 3. The van der Waals surface area contributed by atoms with Crippen LogP contribution in [0.25, 0.3) is 11.5 Å². The smallest absolute Gasteiger partial charge is 0.285 e. The molecular weight excluding hydrogens is 274 g/mol. The average molecular weight is 277 g/mol. The lowest BCUT2D eigenvalue weighted by Crippen LogP contribution is -1.84. The number of halogens is 3. The van der Waals surface area contributed by atoms with Crippen LogP contribution in [0.3, 0.4) is 0 Å². The van der Waals surface area contributed by atoms with Crippen LogP contribution < -0.4 is 0 Å². The van der Waals surface area contributed by atoms with E-state index < -0.39 is 5.82 Å². The third-order valence-corrected chi connectivity index (χ3v) is 2.11. The molecule has 0 saturated carbocycles. The summed E-state index contributed by atoms with van der Waals surface area (Å²) in [4.78, 5) is 0.201. The Morgan fingerprint density at radius 1 is 1.36 bits per heavy atom. The number of nitrogens with zero attached hydrogens (tertiary/aromatic N) is 2. The quantitative estimate of drug-likeness (QED) is 0.803. The number of benzene rings is 1. The van der Waals surface area contributed by atoms with Crippen molar-refractivity contribution < 1.29 is 8.81 Å². The van der Waals surface area contributed by atoms with E-state index in [1.165, 1.54) is 18.2 Å². The van der Waals surface area contributed by atoms with Crippen molar-refractivity contribution in [3.63, 3.8) is 0 Å². The van der Waals surface area contributed by atoms with Crippen LogP contribution in [0.1, 0.15) is 0 Å². The van der Waals surface area contributed by atoms with Gasteiger partial charge in [-0.05, 0) is 18.2 Å². The van der Waals surface area contributed by atoms with Crippen LogP contribution in [0.15, 0.2) is 27.4 Å². The van der Waals surface area contributed by atoms with E-state index in [2.05, 4.69) is 26.1 Å². The van der Waals surface area contributed by atoms with Gasteiger partial charge < -0.3 is 4.42 Å². The van der Waals surface area contributed by atoms with Crippen molar-refractivity contribution >= 4 is 27.5 Å². The zero-order chi connectivity index (χ0) is 10.1. The summed E-state index contributed by atoms with van der Waals surface area (Å²) in [6, 6.07) is 4.12. The molecule has 2 rings (SSSR count). The van der Waals surface area contributed by atoms with Crippen LogP contribution in [0.2, 0.25) is 5.02 Å². The van der Waals surface area contributed by atoms with E-state index in [0.29, 0.717) is 5.02 Å². The summed E-state index contributed by atoms with van der Waals surface area (Å²) in [6.07, 6.45) is 0. The topological polar surface area (TPSA) is 38.9 Å². The first kappa shape index (κ1) is 9.61. The van der Waals surface area contributed by atoms with Crippen LogP contribution in [0, 0.1) is 5.82 Å². The maximum absolute atomic E-state index is 13.3. The van der Waals surface area contributed by atoms with E-state index in [9.17, 15) is 4.39 Å². The minimum absolute atomic E-state index is 0.0943. The van der Waals surface area contributed by atoms with Gasteiger partial charge in [-0.3, -0.25) is 0 Å². The van der Waals surface area contributed by atoms with Gasteiger partial charge in [-0.2, -0.15) is 0 Å². The molecule has 0 spiro atoms. The third kappa shape index (κ3) is 1.78. The molecule has 0 fully saturated rings. The van der Waals surface area contributed by atoms with Gasteiger partial charge in [-0.15, -0.1) is 10.2 Å². The van der Waals surface area contributed by atoms with Crippen molar-refractivity contribution in [3.8, 4) is 11.5 Å².